The fraction of sp³-hybridized carbons (Fsp3) is 0.571. The fourth-order valence-corrected chi connectivity index (χ4v) is 2.80. The van der Waals surface area contributed by atoms with E-state index in [0.717, 1.165) is 34.3 Å². The highest BCUT2D eigenvalue weighted by molar-refractivity contribution is 6.35. The predicted molar refractivity (Wildman–Crippen MR) is 80.0 cm³/mol. The average Bonchev–Trinajstić information content (AvgIpc) is 2.51. The van der Waals surface area contributed by atoms with E-state index in [9.17, 15) is 0 Å². The molecule has 0 spiro atoms. The number of hydrogen-bond donors (Lipinski definition) is 1. The van der Waals surface area contributed by atoms with Crippen LogP contribution in [0.5, 0.6) is 0 Å². The van der Waals surface area contributed by atoms with Gasteiger partial charge in [-0.3, -0.25) is 0 Å². The summed E-state index contributed by atoms with van der Waals surface area (Å²) in [5.41, 5.74) is 1.98. The van der Waals surface area contributed by atoms with E-state index in [4.69, 9.17) is 23.2 Å². The smallest absolute Gasteiger partial charge is 0.0641 e. The van der Waals surface area contributed by atoms with Gasteiger partial charge >= 0.3 is 0 Å². The highest BCUT2D eigenvalue weighted by atomic mass is 35.5. The van der Waals surface area contributed by atoms with E-state index in [1.807, 2.05) is 19.1 Å². The molecule has 0 bridgehead atoms. The number of aryl methyl sites for hydroxylation is 1. The number of hydrogen-bond acceptors (Lipinski definition) is 2. The molecule has 0 radical (unpaired) electrons. The second-order valence-electron chi connectivity index (χ2n) is 5.16. The van der Waals surface area contributed by atoms with E-state index in [-0.39, 0.29) is 0 Å². The monoisotopic (exact) mass is 286 g/mol. The lowest BCUT2D eigenvalue weighted by atomic mass is 10.1. The minimum atomic E-state index is 0.492. The summed E-state index contributed by atoms with van der Waals surface area (Å²) < 4.78 is 0. The van der Waals surface area contributed by atoms with Gasteiger partial charge in [-0.2, -0.15) is 0 Å². The van der Waals surface area contributed by atoms with E-state index < -0.39 is 0 Å². The first-order valence-corrected chi connectivity index (χ1v) is 7.22. The molecule has 0 amide bonds. The van der Waals surface area contributed by atoms with Crippen LogP contribution in [0.25, 0.3) is 0 Å². The molecule has 100 valence electrons. The summed E-state index contributed by atoms with van der Waals surface area (Å²) in [5, 5.41) is 5.06. The molecular formula is C14H20Cl2N2. The van der Waals surface area contributed by atoms with Gasteiger partial charge in [0.15, 0.2) is 0 Å². The van der Waals surface area contributed by atoms with Gasteiger partial charge < -0.3 is 10.2 Å². The van der Waals surface area contributed by atoms with Crippen molar-refractivity contribution in [3.8, 4) is 0 Å². The van der Waals surface area contributed by atoms with Crippen molar-refractivity contribution in [2.45, 2.75) is 32.2 Å². The molecule has 1 saturated heterocycles. The van der Waals surface area contributed by atoms with Crippen LogP contribution in [0.2, 0.25) is 10.0 Å². The van der Waals surface area contributed by atoms with E-state index in [1.165, 1.54) is 19.4 Å². The van der Waals surface area contributed by atoms with Crippen molar-refractivity contribution < 1.29 is 0 Å². The maximum absolute atomic E-state index is 6.26. The van der Waals surface area contributed by atoms with Crippen LogP contribution in [-0.4, -0.2) is 31.1 Å². The molecule has 18 heavy (non-hydrogen) atoms. The minimum Gasteiger partial charge on any atom is -0.381 e. The number of halogens is 2. The second kappa shape index (κ2) is 6.14. The molecule has 1 unspecified atom stereocenters. The van der Waals surface area contributed by atoms with Gasteiger partial charge in [0.1, 0.15) is 0 Å². The standard InChI is InChI=1S/C14H20Cl2N2/c1-10-8-13(16)14(9-12(10)15)17-11-4-3-6-18(2)7-5-11/h8-9,11,17H,3-7H2,1-2H3. The normalized spacial score (nSPS) is 21.7. The largest absolute Gasteiger partial charge is 0.381 e. The maximum Gasteiger partial charge on any atom is 0.0641 e. The molecule has 1 aromatic rings. The third-order valence-electron chi connectivity index (χ3n) is 3.56. The van der Waals surface area contributed by atoms with E-state index in [0.29, 0.717) is 6.04 Å². The molecule has 1 aliphatic heterocycles. The molecule has 1 N–H and O–H groups in total. The zero-order valence-corrected chi connectivity index (χ0v) is 12.5. The molecule has 1 fully saturated rings. The fourth-order valence-electron chi connectivity index (χ4n) is 2.36. The lowest BCUT2D eigenvalue weighted by Gasteiger charge is -2.19. The first-order valence-electron chi connectivity index (χ1n) is 6.47. The number of benzene rings is 1. The highest BCUT2D eigenvalue weighted by Crippen LogP contribution is 2.30. The second-order valence-corrected chi connectivity index (χ2v) is 5.97. The Bertz CT molecular complexity index is 421. The summed E-state index contributed by atoms with van der Waals surface area (Å²) in [6.45, 7) is 4.29. The van der Waals surface area contributed by atoms with Gasteiger partial charge in [0, 0.05) is 11.1 Å². The van der Waals surface area contributed by atoms with Crippen LogP contribution >= 0.6 is 23.2 Å². The van der Waals surface area contributed by atoms with Crippen molar-refractivity contribution in [3.63, 3.8) is 0 Å². The Kier molecular flexibility index (Phi) is 4.77. The molecule has 1 atom stereocenters. The van der Waals surface area contributed by atoms with Crippen LogP contribution < -0.4 is 5.32 Å². The molecule has 0 aliphatic carbocycles. The lowest BCUT2D eigenvalue weighted by Crippen LogP contribution is -2.23. The van der Waals surface area contributed by atoms with Crippen molar-refractivity contribution in [3.05, 3.63) is 27.7 Å². The highest BCUT2D eigenvalue weighted by Gasteiger charge is 2.16. The van der Waals surface area contributed by atoms with Gasteiger partial charge in [-0.15, -0.1) is 0 Å². The Hall–Kier alpha value is -0.440. The van der Waals surface area contributed by atoms with E-state index in [2.05, 4.69) is 17.3 Å². The van der Waals surface area contributed by atoms with Crippen molar-refractivity contribution in [1.29, 1.82) is 0 Å². The van der Waals surface area contributed by atoms with Crippen LogP contribution in [0.1, 0.15) is 24.8 Å². The molecule has 1 aromatic carbocycles. The Morgan fingerprint density at radius 3 is 2.72 bits per heavy atom. The average molecular weight is 287 g/mol. The molecule has 0 saturated carbocycles. The summed E-state index contributed by atoms with van der Waals surface area (Å²) >= 11 is 12.4. The molecule has 2 nitrogen and oxygen atoms in total. The summed E-state index contributed by atoms with van der Waals surface area (Å²) in [6, 6.07) is 4.36. The zero-order valence-electron chi connectivity index (χ0n) is 11.0. The summed E-state index contributed by atoms with van der Waals surface area (Å²) in [5.74, 6) is 0. The molecule has 1 aliphatic rings. The van der Waals surface area contributed by atoms with Crippen molar-refractivity contribution in [2.24, 2.45) is 0 Å². The van der Waals surface area contributed by atoms with Crippen molar-refractivity contribution in [1.82, 2.24) is 4.90 Å². The van der Waals surface area contributed by atoms with E-state index >= 15 is 0 Å². The topological polar surface area (TPSA) is 15.3 Å². The summed E-state index contributed by atoms with van der Waals surface area (Å²) in [7, 11) is 2.18. The number of likely N-dealkylation sites (tertiary alicyclic amines) is 1. The lowest BCUT2D eigenvalue weighted by molar-refractivity contribution is 0.348. The maximum atomic E-state index is 6.26. The third kappa shape index (κ3) is 3.53. The van der Waals surface area contributed by atoms with Crippen molar-refractivity contribution in [2.75, 3.05) is 25.5 Å². The van der Waals surface area contributed by atoms with Crippen LogP contribution in [-0.2, 0) is 0 Å². The number of nitrogens with one attached hydrogen (secondary N) is 1. The number of anilines is 1. The molecule has 0 aromatic heterocycles. The molecule has 4 heteroatoms. The molecule has 2 rings (SSSR count). The molecular weight excluding hydrogens is 267 g/mol. The summed E-state index contributed by atoms with van der Waals surface area (Å²) in [4.78, 5) is 2.38. The van der Waals surface area contributed by atoms with Gasteiger partial charge in [0.05, 0.1) is 10.7 Å². The first-order chi connectivity index (χ1) is 8.56. The Balaban J connectivity index is 2.06. The molecule has 1 heterocycles. The van der Waals surface area contributed by atoms with E-state index in [1.54, 1.807) is 0 Å². The Labute approximate surface area is 119 Å². The number of rotatable bonds is 2. The van der Waals surface area contributed by atoms with Crippen LogP contribution in [0.4, 0.5) is 5.69 Å². The van der Waals surface area contributed by atoms with Crippen LogP contribution in [0, 0.1) is 6.92 Å². The first kappa shape index (κ1) is 14.0. The summed E-state index contributed by atoms with van der Waals surface area (Å²) in [6.07, 6.45) is 3.57. The Morgan fingerprint density at radius 2 is 1.94 bits per heavy atom. The predicted octanol–water partition coefficient (Wildman–Crippen LogP) is 4.20. The van der Waals surface area contributed by atoms with Gasteiger partial charge in [-0.05, 0) is 64.0 Å². The third-order valence-corrected chi connectivity index (χ3v) is 4.28. The van der Waals surface area contributed by atoms with Gasteiger partial charge in [0.25, 0.3) is 0 Å². The van der Waals surface area contributed by atoms with Crippen LogP contribution in [0.15, 0.2) is 12.1 Å². The SMILES string of the molecule is Cc1cc(Cl)c(NC2CCCN(C)CC2)cc1Cl. The number of nitrogens with zero attached hydrogens (tertiary/aromatic N) is 1. The van der Waals surface area contributed by atoms with Gasteiger partial charge in [0.2, 0.25) is 0 Å². The minimum absolute atomic E-state index is 0.492. The van der Waals surface area contributed by atoms with Crippen LogP contribution in [0.3, 0.4) is 0 Å². The zero-order chi connectivity index (χ0) is 13.1. The quantitative estimate of drug-likeness (QED) is 0.877. The Morgan fingerprint density at radius 1 is 1.17 bits per heavy atom. The van der Waals surface area contributed by atoms with Crippen molar-refractivity contribution >= 4 is 28.9 Å². The van der Waals surface area contributed by atoms with Gasteiger partial charge in [-0.25, -0.2) is 0 Å². The van der Waals surface area contributed by atoms with Gasteiger partial charge in [-0.1, -0.05) is 23.2 Å².